The molecular formula is C50H34N2. The van der Waals surface area contributed by atoms with Crippen molar-refractivity contribution in [1.29, 1.82) is 0 Å². The molecule has 0 fully saturated rings. The summed E-state index contributed by atoms with van der Waals surface area (Å²) in [5.41, 5.74) is 13.9. The fourth-order valence-electron chi connectivity index (χ4n) is 8.96. The van der Waals surface area contributed by atoms with Crippen LogP contribution in [-0.4, -0.2) is 10.6 Å². The Labute approximate surface area is 302 Å². The normalized spacial score (nSPS) is 15.0. The smallest absolute Gasteiger partial charge is 0.0633 e. The fraction of sp³-hybridized carbons (Fsp3) is 0.0400. The fourth-order valence-corrected chi connectivity index (χ4v) is 8.96. The summed E-state index contributed by atoms with van der Waals surface area (Å²) in [6, 6.07) is 62.7. The average Bonchev–Trinajstić information content (AvgIpc) is 3.73. The third-order valence-corrected chi connectivity index (χ3v) is 11.2. The van der Waals surface area contributed by atoms with E-state index < -0.39 is 0 Å². The van der Waals surface area contributed by atoms with Gasteiger partial charge in [0.2, 0.25) is 0 Å². The highest BCUT2D eigenvalue weighted by Gasteiger charge is 2.36. The van der Waals surface area contributed by atoms with Crippen molar-refractivity contribution in [2.75, 3.05) is 4.90 Å². The number of anilines is 2. The van der Waals surface area contributed by atoms with E-state index >= 15 is 0 Å². The topological polar surface area (TPSA) is 8.17 Å². The molecular weight excluding hydrogens is 629 g/mol. The van der Waals surface area contributed by atoms with Crippen molar-refractivity contribution in [2.45, 2.75) is 12.5 Å². The minimum absolute atomic E-state index is 0.236. The van der Waals surface area contributed by atoms with E-state index in [4.69, 9.17) is 0 Å². The highest BCUT2D eigenvalue weighted by molar-refractivity contribution is 6.19. The van der Waals surface area contributed by atoms with Gasteiger partial charge in [-0.2, -0.15) is 0 Å². The molecule has 244 valence electrons. The summed E-state index contributed by atoms with van der Waals surface area (Å²) in [7, 11) is 0. The molecule has 2 heterocycles. The number of hydrogen-bond donors (Lipinski definition) is 0. The van der Waals surface area contributed by atoms with Gasteiger partial charge in [0, 0.05) is 33.1 Å². The van der Waals surface area contributed by atoms with Crippen molar-refractivity contribution in [2.24, 2.45) is 0 Å². The van der Waals surface area contributed by atoms with Crippen molar-refractivity contribution in [1.82, 2.24) is 4.57 Å². The van der Waals surface area contributed by atoms with Crippen molar-refractivity contribution in [3.05, 3.63) is 194 Å². The first-order chi connectivity index (χ1) is 25.8. The van der Waals surface area contributed by atoms with Gasteiger partial charge in [0.05, 0.1) is 22.8 Å². The first kappa shape index (κ1) is 29.1. The minimum Gasteiger partial charge on any atom is -0.332 e. The molecule has 1 atom stereocenters. The summed E-state index contributed by atoms with van der Waals surface area (Å²) < 4.78 is 2.38. The number of nitrogens with zero attached hydrogens (tertiary/aromatic N) is 2. The quantitative estimate of drug-likeness (QED) is 0.170. The van der Waals surface area contributed by atoms with Gasteiger partial charge < -0.3 is 9.47 Å². The van der Waals surface area contributed by atoms with Crippen LogP contribution in [0, 0.1) is 0 Å². The Morgan fingerprint density at radius 1 is 0.462 bits per heavy atom. The van der Waals surface area contributed by atoms with Crippen LogP contribution in [0.4, 0.5) is 11.4 Å². The molecule has 0 saturated heterocycles. The van der Waals surface area contributed by atoms with Crippen LogP contribution in [0.15, 0.2) is 188 Å². The number of rotatable bonds is 4. The first-order valence-electron chi connectivity index (χ1n) is 18.2. The lowest BCUT2D eigenvalue weighted by Gasteiger charge is -2.30. The number of aromatic nitrogens is 1. The summed E-state index contributed by atoms with van der Waals surface area (Å²) in [4.78, 5) is 2.61. The summed E-state index contributed by atoms with van der Waals surface area (Å²) in [6.45, 7) is 0. The van der Waals surface area contributed by atoms with Crippen LogP contribution in [-0.2, 0) is 0 Å². The zero-order chi connectivity index (χ0) is 34.2. The van der Waals surface area contributed by atoms with E-state index in [1.165, 1.54) is 93.8 Å². The Bertz CT molecular complexity index is 2930. The van der Waals surface area contributed by atoms with Crippen molar-refractivity contribution < 1.29 is 0 Å². The summed E-state index contributed by atoms with van der Waals surface area (Å²) >= 11 is 0. The number of allylic oxidation sites excluding steroid dienone is 2. The van der Waals surface area contributed by atoms with Gasteiger partial charge in [-0.05, 0) is 105 Å². The highest BCUT2D eigenvalue weighted by Crippen LogP contribution is 2.51. The average molecular weight is 663 g/mol. The SMILES string of the molecule is C1=CCC2C(=C1)c1cc(-c3ccc4c(c3)c3ccccc3n4-c3ccccc3)ccc1N2c1cccc2cc(-c3ccccc3)c3ccccc3c12. The van der Waals surface area contributed by atoms with Crippen LogP contribution in [0.2, 0.25) is 0 Å². The number of fused-ring (bicyclic) bond motifs is 9. The lowest BCUT2D eigenvalue weighted by Crippen LogP contribution is -2.27. The first-order valence-corrected chi connectivity index (χ1v) is 18.2. The van der Waals surface area contributed by atoms with E-state index in [2.05, 4.69) is 198 Å². The molecule has 1 aromatic heterocycles. The Morgan fingerprint density at radius 3 is 2.04 bits per heavy atom. The van der Waals surface area contributed by atoms with E-state index in [-0.39, 0.29) is 6.04 Å². The molecule has 1 unspecified atom stereocenters. The number of benzene rings is 8. The van der Waals surface area contributed by atoms with Crippen molar-refractivity contribution in [3.63, 3.8) is 0 Å². The summed E-state index contributed by atoms with van der Waals surface area (Å²) in [5, 5.41) is 7.69. The van der Waals surface area contributed by atoms with Crippen LogP contribution in [0.5, 0.6) is 0 Å². The van der Waals surface area contributed by atoms with Gasteiger partial charge in [-0.1, -0.05) is 133 Å². The molecule has 11 rings (SSSR count). The second-order valence-corrected chi connectivity index (χ2v) is 14.0. The molecule has 52 heavy (non-hydrogen) atoms. The Hall–Kier alpha value is -6.64. The largest absolute Gasteiger partial charge is 0.332 e. The zero-order valence-electron chi connectivity index (χ0n) is 28.6. The Balaban J connectivity index is 1.08. The van der Waals surface area contributed by atoms with Gasteiger partial charge in [-0.3, -0.25) is 0 Å². The molecule has 9 aromatic rings. The molecule has 2 nitrogen and oxygen atoms in total. The van der Waals surface area contributed by atoms with Gasteiger partial charge in [0.15, 0.2) is 0 Å². The standard InChI is InChI=1S/C50H34N2/c1-3-14-33(15-4-1)42-32-36-16-13-25-49(50(36)41-22-8-7-19-38(41)42)52-46-24-12-10-21-40(46)44-31-35(27-29-48(44)52)34-26-28-47-43(30-34)39-20-9-11-23-45(39)51(47)37-17-5-2-6-18-37/h1-23,25-32,46H,24H2. The van der Waals surface area contributed by atoms with E-state index in [9.17, 15) is 0 Å². The maximum absolute atomic E-state index is 2.61. The van der Waals surface area contributed by atoms with E-state index in [0.717, 1.165) is 6.42 Å². The van der Waals surface area contributed by atoms with Gasteiger partial charge in [-0.25, -0.2) is 0 Å². The molecule has 2 heteroatoms. The van der Waals surface area contributed by atoms with Crippen LogP contribution in [0.1, 0.15) is 12.0 Å². The van der Waals surface area contributed by atoms with E-state index in [1.54, 1.807) is 0 Å². The van der Waals surface area contributed by atoms with Crippen LogP contribution in [0.25, 0.3) is 76.9 Å². The lowest BCUT2D eigenvalue weighted by atomic mass is 9.91. The molecule has 2 aliphatic rings. The highest BCUT2D eigenvalue weighted by atomic mass is 15.2. The maximum Gasteiger partial charge on any atom is 0.0633 e. The summed E-state index contributed by atoms with van der Waals surface area (Å²) in [6.07, 6.45) is 7.86. The Kier molecular flexibility index (Phi) is 6.41. The van der Waals surface area contributed by atoms with E-state index in [1.807, 2.05) is 0 Å². The van der Waals surface area contributed by atoms with Crippen LogP contribution < -0.4 is 4.90 Å². The molecule has 1 aliphatic heterocycles. The number of para-hydroxylation sites is 2. The minimum atomic E-state index is 0.236. The third-order valence-electron chi connectivity index (χ3n) is 11.2. The molecule has 0 spiro atoms. The van der Waals surface area contributed by atoms with Gasteiger partial charge in [0.1, 0.15) is 0 Å². The monoisotopic (exact) mass is 662 g/mol. The molecule has 8 aromatic carbocycles. The molecule has 0 radical (unpaired) electrons. The maximum atomic E-state index is 2.61. The molecule has 0 amide bonds. The summed E-state index contributed by atoms with van der Waals surface area (Å²) in [5.74, 6) is 0. The number of hydrogen-bond acceptors (Lipinski definition) is 1. The van der Waals surface area contributed by atoms with Gasteiger partial charge >= 0.3 is 0 Å². The molecule has 0 saturated carbocycles. The van der Waals surface area contributed by atoms with Crippen molar-refractivity contribution in [3.8, 4) is 27.9 Å². The third kappa shape index (κ3) is 4.31. The Morgan fingerprint density at radius 2 is 1.17 bits per heavy atom. The lowest BCUT2D eigenvalue weighted by molar-refractivity contribution is 0.832. The van der Waals surface area contributed by atoms with E-state index in [0.29, 0.717) is 0 Å². The van der Waals surface area contributed by atoms with Gasteiger partial charge in [-0.15, -0.1) is 0 Å². The second kappa shape index (κ2) is 11.4. The van der Waals surface area contributed by atoms with Gasteiger partial charge in [0.25, 0.3) is 0 Å². The zero-order valence-corrected chi connectivity index (χ0v) is 28.6. The van der Waals surface area contributed by atoms with Crippen molar-refractivity contribution >= 4 is 60.3 Å². The molecule has 0 bridgehead atoms. The second-order valence-electron chi connectivity index (χ2n) is 14.0. The van der Waals surface area contributed by atoms with Crippen LogP contribution in [0.3, 0.4) is 0 Å². The molecule has 1 aliphatic carbocycles. The van der Waals surface area contributed by atoms with Crippen LogP contribution >= 0.6 is 0 Å². The predicted molar refractivity (Wildman–Crippen MR) is 221 cm³/mol. The molecule has 0 N–H and O–H groups in total. The predicted octanol–water partition coefficient (Wildman–Crippen LogP) is 13.3.